The van der Waals surface area contributed by atoms with Crippen molar-refractivity contribution in [3.05, 3.63) is 35.0 Å². The molecule has 3 aromatic rings. The van der Waals surface area contributed by atoms with Gasteiger partial charge in [0.15, 0.2) is 11.5 Å². The van der Waals surface area contributed by atoms with Crippen LogP contribution in [0.15, 0.2) is 30.2 Å². The van der Waals surface area contributed by atoms with Gasteiger partial charge in [0.05, 0.1) is 6.33 Å². The van der Waals surface area contributed by atoms with Crippen LogP contribution < -0.4 is 4.90 Å². The van der Waals surface area contributed by atoms with Gasteiger partial charge in [-0.05, 0) is 18.4 Å². The summed E-state index contributed by atoms with van der Waals surface area (Å²) in [7, 11) is 2.06. The van der Waals surface area contributed by atoms with Gasteiger partial charge in [0.1, 0.15) is 11.8 Å². The van der Waals surface area contributed by atoms with E-state index in [2.05, 4.69) is 56.3 Å². The Balaban J connectivity index is 1.86. The average Bonchev–Trinajstić information content (AvgIpc) is 3.07. The van der Waals surface area contributed by atoms with E-state index in [1.807, 2.05) is 0 Å². The van der Waals surface area contributed by atoms with Gasteiger partial charge in [0.25, 0.3) is 0 Å². The largest absolute Gasteiger partial charge is 0.355 e. The molecule has 5 nitrogen and oxygen atoms in total. The predicted molar refractivity (Wildman–Crippen MR) is 77.6 cm³/mol. The van der Waals surface area contributed by atoms with Crippen molar-refractivity contribution in [2.75, 3.05) is 11.9 Å². The summed E-state index contributed by atoms with van der Waals surface area (Å²) in [4.78, 5) is 19.3. The van der Waals surface area contributed by atoms with Gasteiger partial charge in [0.2, 0.25) is 0 Å². The summed E-state index contributed by atoms with van der Waals surface area (Å²) in [6, 6.07) is 4.62. The van der Waals surface area contributed by atoms with Crippen LogP contribution in [-0.2, 0) is 6.42 Å². The zero-order chi connectivity index (χ0) is 13.2. The van der Waals surface area contributed by atoms with Gasteiger partial charge in [-0.1, -0.05) is 6.07 Å². The number of rotatable bonds is 4. The number of fused-ring (bicyclic) bond motifs is 1. The minimum absolute atomic E-state index is 0.361. The summed E-state index contributed by atoms with van der Waals surface area (Å²) in [5.74, 6) is 0.895. The lowest BCUT2D eigenvalue weighted by Gasteiger charge is -2.25. The lowest BCUT2D eigenvalue weighted by atomic mass is 10.2. The molecule has 0 aliphatic rings. The number of thiophene rings is 1. The normalized spacial score (nSPS) is 12.7. The molecule has 0 amide bonds. The summed E-state index contributed by atoms with van der Waals surface area (Å²) < 4.78 is 0. The smallest absolute Gasteiger partial charge is 0.182 e. The van der Waals surface area contributed by atoms with Crippen molar-refractivity contribution >= 4 is 28.3 Å². The van der Waals surface area contributed by atoms with Gasteiger partial charge in [0, 0.05) is 24.4 Å². The zero-order valence-corrected chi connectivity index (χ0v) is 11.7. The number of hydrogen-bond donors (Lipinski definition) is 1. The van der Waals surface area contributed by atoms with Crippen LogP contribution in [0.3, 0.4) is 0 Å². The molecule has 0 unspecified atom stereocenters. The van der Waals surface area contributed by atoms with Crippen molar-refractivity contribution in [2.45, 2.75) is 19.4 Å². The Labute approximate surface area is 115 Å². The molecule has 3 rings (SSSR count). The summed E-state index contributed by atoms with van der Waals surface area (Å²) in [6.07, 6.45) is 4.22. The van der Waals surface area contributed by atoms with Crippen LogP contribution in [0.1, 0.15) is 11.8 Å². The van der Waals surface area contributed by atoms with Crippen LogP contribution in [0.5, 0.6) is 0 Å². The SMILES string of the molecule is C[C@H](Cc1cccs1)N(C)c1ncnc2nc[nH]c12. The zero-order valence-electron chi connectivity index (χ0n) is 10.9. The van der Waals surface area contributed by atoms with Crippen molar-refractivity contribution in [1.29, 1.82) is 0 Å². The highest BCUT2D eigenvalue weighted by Gasteiger charge is 2.16. The van der Waals surface area contributed by atoms with E-state index >= 15 is 0 Å². The topological polar surface area (TPSA) is 57.7 Å². The maximum absolute atomic E-state index is 4.38. The van der Waals surface area contributed by atoms with E-state index in [1.54, 1.807) is 24.0 Å². The lowest BCUT2D eigenvalue weighted by Crippen LogP contribution is -2.31. The third kappa shape index (κ3) is 2.31. The standard InChI is InChI=1S/C13H15N5S/c1-9(6-10-4-3-5-19-10)18(2)13-11-12(15-7-14-11)16-8-17-13/h3-5,7-9H,6H2,1-2H3,(H,14,15,16,17)/t9-/m1/s1. The summed E-state index contributed by atoms with van der Waals surface area (Å²) >= 11 is 1.79. The fourth-order valence-electron chi connectivity index (χ4n) is 2.09. The Morgan fingerprint density at radius 2 is 2.26 bits per heavy atom. The molecule has 0 fully saturated rings. The highest BCUT2D eigenvalue weighted by molar-refractivity contribution is 7.09. The Bertz CT molecular complexity index is 661. The Morgan fingerprint density at radius 3 is 3.05 bits per heavy atom. The molecule has 0 aliphatic heterocycles. The number of nitrogens with one attached hydrogen (secondary N) is 1. The maximum atomic E-state index is 4.38. The molecule has 0 saturated carbocycles. The third-order valence-electron chi connectivity index (χ3n) is 3.27. The minimum Gasteiger partial charge on any atom is -0.355 e. The molecule has 1 N–H and O–H groups in total. The molecule has 6 heteroatoms. The molecule has 0 saturated heterocycles. The van der Waals surface area contributed by atoms with Crippen LogP contribution in [0.2, 0.25) is 0 Å². The van der Waals surface area contributed by atoms with E-state index in [4.69, 9.17) is 0 Å². The summed E-state index contributed by atoms with van der Waals surface area (Å²) in [5, 5.41) is 2.11. The summed E-state index contributed by atoms with van der Waals surface area (Å²) in [5.41, 5.74) is 1.60. The van der Waals surface area contributed by atoms with Gasteiger partial charge >= 0.3 is 0 Å². The van der Waals surface area contributed by atoms with Crippen LogP contribution >= 0.6 is 11.3 Å². The van der Waals surface area contributed by atoms with Crippen LogP contribution in [0, 0.1) is 0 Å². The second kappa shape index (κ2) is 4.97. The molecular weight excluding hydrogens is 258 g/mol. The molecule has 3 aromatic heterocycles. The molecular formula is C13H15N5S. The first kappa shape index (κ1) is 12.1. The first-order valence-corrected chi connectivity index (χ1v) is 7.03. The number of imidazole rings is 1. The molecule has 0 bridgehead atoms. The van der Waals surface area contributed by atoms with Crippen molar-refractivity contribution in [1.82, 2.24) is 19.9 Å². The quantitative estimate of drug-likeness (QED) is 0.793. The van der Waals surface area contributed by atoms with Crippen molar-refractivity contribution in [3.63, 3.8) is 0 Å². The molecule has 1 atom stereocenters. The number of hydrogen-bond acceptors (Lipinski definition) is 5. The second-order valence-electron chi connectivity index (χ2n) is 4.54. The van der Waals surface area contributed by atoms with Crippen molar-refractivity contribution in [3.8, 4) is 0 Å². The van der Waals surface area contributed by atoms with Crippen molar-refractivity contribution in [2.24, 2.45) is 0 Å². The maximum Gasteiger partial charge on any atom is 0.182 e. The monoisotopic (exact) mass is 273 g/mol. The predicted octanol–water partition coefficient (Wildman–Crippen LogP) is 2.48. The highest BCUT2D eigenvalue weighted by atomic mass is 32.1. The van der Waals surface area contributed by atoms with Crippen LogP contribution in [0.4, 0.5) is 5.82 Å². The van der Waals surface area contributed by atoms with E-state index < -0.39 is 0 Å². The first-order valence-electron chi connectivity index (χ1n) is 6.15. The Morgan fingerprint density at radius 1 is 1.37 bits per heavy atom. The number of nitrogens with zero attached hydrogens (tertiary/aromatic N) is 4. The molecule has 0 radical (unpaired) electrons. The molecule has 19 heavy (non-hydrogen) atoms. The molecule has 0 spiro atoms. The molecule has 0 aliphatic carbocycles. The summed E-state index contributed by atoms with van der Waals surface area (Å²) in [6.45, 7) is 2.20. The molecule has 3 heterocycles. The lowest BCUT2D eigenvalue weighted by molar-refractivity contribution is 0.681. The number of aromatic amines is 1. The minimum atomic E-state index is 0.361. The van der Waals surface area contributed by atoms with E-state index in [1.165, 1.54) is 4.88 Å². The van der Waals surface area contributed by atoms with E-state index in [0.29, 0.717) is 11.7 Å². The molecule has 0 aromatic carbocycles. The second-order valence-corrected chi connectivity index (χ2v) is 5.57. The van der Waals surface area contributed by atoms with Gasteiger partial charge < -0.3 is 9.88 Å². The fraction of sp³-hybridized carbons (Fsp3) is 0.308. The average molecular weight is 273 g/mol. The Hall–Kier alpha value is -1.95. The van der Waals surface area contributed by atoms with Gasteiger partial charge in [-0.2, -0.15) is 0 Å². The van der Waals surface area contributed by atoms with E-state index in [-0.39, 0.29) is 0 Å². The highest BCUT2D eigenvalue weighted by Crippen LogP contribution is 2.22. The number of aromatic nitrogens is 4. The van der Waals surface area contributed by atoms with Gasteiger partial charge in [-0.25, -0.2) is 15.0 Å². The van der Waals surface area contributed by atoms with Crippen LogP contribution in [0.25, 0.3) is 11.2 Å². The fourth-order valence-corrected chi connectivity index (χ4v) is 2.91. The number of anilines is 1. The molecule has 98 valence electrons. The van der Waals surface area contributed by atoms with E-state index in [9.17, 15) is 0 Å². The Kier molecular flexibility index (Phi) is 3.16. The van der Waals surface area contributed by atoms with Crippen molar-refractivity contribution < 1.29 is 0 Å². The van der Waals surface area contributed by atoms with Crippen LogP contribution in [-0.4, -0.2) is 33.0 Å². The van der Waals surface area contributed by atoms with Gasteiger partial charge in [-0.15, -0.1) is 11.3 Å². The number of H-pyrrole nitrogens is 1. The van der Waals surface area contributed by atoms with E-state index in [0.717, 1.165) is 17.8 Å². The van der Waals surface area contributed by atoms with Gasteiger partial charge in [-0.3, -0.25) is 0 Å². The number of likely N-dealkylation sites (N-methyl/N-ethyl adjacent to an activating group) is 1. The third-order valence-corrected chi connectivity index (χ3v) is 4.17. The first-order chi connectivity index (χ1) is 9.25.